The average molecular weight is 625 g/mol. The maximum Gasteiger partial charge on any atom is 0.472 e. The highest BCUT2D eigenvalue weighted by Gasteiger charge is 2.50. The van der Waals surface area contributed by atoms with Crippen LogP contribution in [-0.2, 0) is 23.1 Å². The molecule has 0 saturated carbocycles. The molecule has 4 aromatic heterocycles. The first-order valence-electron chi connectivity index (χ1n) is 12.8. The van der Waals surface area contributed by atoms with E-state index in [0.717, 1.165) is 0 Å². The van der Waals surface area contributed by atoms with Crippen LogP contribution >= 0.6 is 7.82 Å². The number of nitrogens with one attached hydrogen (secondary N) is 1. The van der Waals surface area contributed by atoms with Crippen molar-refractivity contribution < 1.29 is 43.3 Å². The van der Waals surface area contributed by atoms with Crippen LogP contribution in [0.15, 0.2) is 23.8 Å². The van der Waals surface area contributed by atoms with Crippen LogP contribution in [0.25, 0.3) is 22.3 Å². The second-order valence-corrected chi connectivity index (χ2v) is 11.3. The summed E-state index contributed by atoms with van der Waals surface area (Å²) in [7, 11) is -4.97. The first kappa shape index (κ1) is 29.4. The van der Waals surface area contributed by atoms with Crippen molar-refractivity contribution in [2.24, 2.45) is 11.7 Å². The van der Waals surface area contributed by atoms with Crippen LogP contribution in [0.2, 0.25) is 0 Å². The fourth-order valence-electron chi connectivity index (χ4n) is 5.23. The van der Waals surface area contributed by atoms with Crippen molar-refractivity contribution in [3.63, 3.8) is 0 Å². The minimum absolute atomic E-state index is 0.00976. The monoisotopic (exact) mass is 625 g/mol. The van der Waals surface area contributed by atoms with Crippen molar-refractivity contribution in [3.05, 3.63) is 29.3 Å². The number of imidazole rings is 2. The third kappa shape index (κ3) is 5.14. The predicted octanol–water partition coefficient (Wildman–Crippen LogP) is -3.29. The third-order valence-electron chi connectivity index (χ3n) is 7.33. The van der Waals surface area contributed by atoms with E-state index >= 15 is 0 Å². The lowest BCUT2D eigenvalue weighted by atomic mass is 9.99. The molecule has 22 heteroatoms. The van der Waals surface area contributed by atoms with Crippen molar-refractivity contribution >= 4 is 41.9 Å². The van der Waals surface area contributed by atoms with Crippen molar-refractivity contribution in [1.29, 1.82) is 0 Å². The summed E-state index contributed by atoms with van der Waals surface area (Å²) in [5, 5.41) is 31.2. The first-order chi connectivity index (χ1) is 20.5. The van der Waals surface area contributed by atoms with Gasteiger partial charge in [-0.2, -0.15) is 4.98 Å². The summed E-state index contributed by atoms with van der Waals surface area (Å²) in [6.45, 7) is -1.35. The average Bonchev–Trinajstić information content (AvgIpc) is 3.72. The maximum absolute atomic E-state index is 13.2. The molecular weight excluding hydrogens is 597 g/mol. The van der Waals surface area contributed by atoms with E-state index in [1.54, 1.807) is 0 Å². The Labute approximate surface area is 239 Å². The number of nitrogen functional groups attached to an aromatic ring is 2. The van der Waals surface area contributed by atoms with Gasteiger partial charge in [-0.05, 0) is 0 Å². The zero-order chi connectivity index (χ0) is 30.6. The Morgan fingerprint density at radius 2 is 1.70 bits per heavy atom. The summed E-state index contributed by atoms with van der Waals surface area (Å²) in [5.41, 5.74) is 17.1. The molecule has 2 fully saturated rings. The van der Waals surface area contributed by atoms with Gasteiger partial charge in [-0.3, -0.25) is 28.0 Å². The number of nitrogens with two attached hydrogens (primary N) is 3. The fraction of sp³-hybridized carbons (Fsp3) is 0.524. The molecule has 11 N–H and O–H groups in total. The number of anilines is 2. The maximum atomic E-state index is 13.2. The molecule has 0 amide bonds. The lowest BCUT2D eigenvalue weighted by molar-refractivity contribution is -0.0615. The minimum Gasteiger partial charge on any atom is -0.394 e. The fourth-order valence-corrected chi connectivity index (χ4v) is 6.20. The second kappa shape index (κ2) is 11.1. The van der Waals surface area contributed by atoms with Crippen LogP contribution in [0.1, 0.15) is 12.5 Å². The molecule has 232 valence electrons. The van der Waals surface area contributed by atoms with Gasteiger partial charge in [0.15, 0.2) is 35.1 Å². The van der Waals surface area contributed by atoms with Crippen molar-refractivity contribution in [1.82, 2.24) is 39.0 Å². The highest BCUT2D eigenvalue weighted by molar-refractivity contribution is 7.47. The summed E-state index contributed by atoms with van der Waals surface area (Å²) in [6, 6.07) is 0. The van der Waals surface area contributed by atoms with Crippen LogP contribution in [-0.4, -0.2) is 110 Å². The Hall–Kier alpha value is -3.63. The van der Waals surface area contributed by atoms with Gasteiger partial charge in [-0.1, -0.05) is 0 Å². The summed E-state index contributed by atoms with van der Waals surface area (Å²) < 4.78 is 38.1. The van der Waals surface area contributed by atoms with Gasteiger partial charge >= 0.3 is 7.82 Å². The number of ether oxygens (including phenoxy) is 2. The number of rotatable bonds is 9. The molecule has 6 heterocycles. The Kier molecular flexibility index (Phi) is 7.62. The number of phosphoric acid groups is 1. The molecule has 0 aliphatic carbocycles. The predicted molar refractivity (Wildman–Crippen MR) is 142 cm³/mol. The number of hydrogen-bond acceptors (Lipinski definition) is 17. The number of aromatic nitrogens is 8. The normalized spacial score (nSPS) is 30.8. The molecule has 43 heavy (non-hydrogen) atoms. The van der Waals surface area contributed by atoms with E-state index < -0.39 is 75.5 Å². The van der Waals surface area contributed by atoms with Crippen molar-refractivity contribution in [2.45, 2.75) is 43.0 Å². The van der Waals surface area contributed by atoms with E-state index in [9.17, 15) is 29.6 Å². The largest absolute Gasteiger partial charge is 0.472 e. The molecule has 0 spiro atoms. The molecule has 1 unspecified atom stereocenters. The van der Waals surface area contributed by atoms with Gasteiger partial charge in [-0.25, -0.2) is 24.5 Å². The second-order valence-electron chi connectivity index (χ2n) is 9.89. The molecular formula is C21H28N11O10P. The van der Waals surface area contributed by atoms with Crippen LogP contribution < -0.4 is 22.8 Å². The molecule has 6 rings (SSSR count). The molecule has 9 atom stereocenters. The van der Waals surface area contributed by atoms with Crippen LogP contribution in [0.5, 0.6) is 0 Å². The standard InChI is InChI=1S/C21H28N11O10P/c22-1-7-8(2-33)40-20(32-6-28-11-17(32)29-21(24)30-18(11)36)14(7)42-43(37,38)39-3-9-12(34)13(35)19(41-9)31-5-27-10-15(23)25-4-26-16(10)31/h4-9,12-14,19-20,33-35H,1-3,22H2,(H,37,38)(H2,23,25,26)(H3,24,29,30,36)/t7-,8-,9-,12-,13-,14-,19-,20-/m1/s1. The van der Waals surface area contributed by atoms with Crippen LogP contribution in [0.4, 0.5) is 11.8 Å². The number of aliphatic hydroxyl groups excluding tert-OH is 3. The number of hydrogen-bond donors (Lipinski definition) is 8. The summed E-state index contributed by atoms with van der Waals surface area (Å²) in [5.74, 6) is -0.937. The van der Waals surface area contributed by atoms with E-state index in [4.69, 9.17) is 35.7 Å². The van der Waals surface area contributed by atoms with E-state index in [2.05, 4.69) is 29.9 Å². The highest BCUT2D eigenvalue weighted by atomic mass is 31.2. The van der Waals surface area contributed by atoms with E-state index in [0.29, 0.717) is 0 Å². The van der Waals surface area contributed by atoms with Gasteiger partial charge in [0.05, 0.1) is 32.0 Å². The number of nitrogens with zero attached hydrogens (tertiary/aromatic N) is 7. The van der Waals surface area contributed by atoms with Gasteiger partial charge in [0, 0.05) is 12.5 Å². The minimum atomic E-state index is -4.97. The highest BCUT2D eigenvalue weighted by Crippen LogP contribution is 2.51. The molecule has 0 radical (unpaired) electrons. The Balaban J connectivity index is 1.20. The van der Waals surface area contributed by atoms with Gasteiger partial charge in [0.2, 0.25) is 5.95 Å². The van der Waals surface area contributed by atoms with Crippen molar-refractivity contribution in [2.75, 3.05) is 31.2 Å². The third-order valence-corrected chi connectivity index (χ3v) is 8.31. The number of aromatic amines is 1. The smallest absolute Gasteiger partial charge is 0.394 e. The molecule has 2 saturated heterocycles. The van der Waals surface area contributed by atoms with Gasteiger partial charge < -0.3 is 46.9 Å². The van der Waals surface area contributed by atoms with E-state index in [-0.39, 0.29) is 40.6 Å². The lowest BCUT2D eigenvalue weighted by Gasteiger charge is -2.26. The van der Waals surface area contributed by atoms with Gasteiger partial charge in [0.1, 0.15) is 36.3 Å². The first-order valence-corrected chi connectivity index (χ1v) is 14.3. The van der Waals surface area contributed by atoms with Gasteiger partial charge in [-0.15, -0.1) is 0 Å². The van der Waals surface area contributed by atoms with Crippen LogP contribution in [0.3, 0.4) is 0 Å². The molecule has 0 bridgehead atoms. The molecule has 2 aliphatic heterocycles. The number of fused-ring (bicyclic) bond motifs is 2. The lowest BCUT2D eigenvalue weighted by Crippen LogP contribution is -2.36. The molecule has 2 aliphatic rings. The van der Waals surface area contributed by atoms with E-state index in [1.165, 1.54) is 28.1 Å². The molecule has 0 aromatic carbocycles. The Morgan fingerprint density at radius 1 is 1.00 bits per heavy atom. The van der Waals surface area contributed by atoms with Crippen LogP contribution in [0, 0.1) is 5.92 Å². The SMILES string of the molecule is NC[C@H]1[C@@H](OP(=O)(O)OC[C@H]2O[C@@H](n3cnc4c(N)ncnc43)[C@H](O)[C@@H]2O)[C@H](n2cnc3c(=O)[nH]c(N)nc32)O[C@@H]1CO. The quantitative estimate of drug-likeness (QED) is 0.0844. The Morgan fingerprint density at radius 3 is 2.42 bits per heavy atom. The number of aliphatic hydroxyl groups is 3. The number of phosphoric ester groups is 1. The zero-order valence-electron chi connectivity index (χ0n) is 22.0. The summed E-state index contributed by atoms with van der Waals surface area (Å²) in [4.78, 5) is 45.4. The van der Waals surface area contributed by atoms with Crippen molar-refractivity contribution in [3.8, 4) is 0 Å². The van der Waals surface area contributed by atoms with E-state index in [1.807, 2.05) is 0 Å². The zero-order valence-corrected chi connectivity index (χ0v) is 22.9. The van der Waals surface area contributed by atoms with Gasteiger partial charge in [0.25, 0.3) is 5.56 Å². The summed E-state index contributed by atoms with van der Waals surface area (Å²) >= 11 is 0. The summed E-state index contributed by atoms with van der Waals surface area (Å²) in [6.07, 6.45) is -5.33. The number of H-pyrrole nitrogens is 1. The topological polar surface area (TPSA) is 320 Å². The molecule has 4 aromatic rings. The molecule has 21 nitrogen and oxygen atoms in total. The Bertz CT molecular complexity index is 1750.